The fourth-order valence-corrected chi connectivity index (χ4v) is 2.52. The maximum Gasteiger partial charge on any atom is 0.246 e. The number of carbonyl (C=O) groups excluding carboxylic acids is 1. The van der Waals surface area contributed by atoms with Crippen molar-refractivity contribution in [1.82, 2.24) is 4.90 Å². The molecule has 1 aliphatic heterocycles. The zero-order valence-electron chi connectivity index (χ0n) is 9.84. The van der Waals surface area contributed by atoms with Gasteiger partial charge in [0.2, 0.25) is 5.91 Å². The minimum atomic E-state index is 0.139. The molecule has 3 heteroatoms. The van der Waals surface area contributed by atoms with Crippen LogP contribution in [0.5, 0.6) is 0 Å². The van der Waals surface area contributed by atoms with E-state index in [9.17, 15) is 4.79 Å². The van der Waals surface area contributed by atoms with Gasteiger partial charge in [0.1, 0.15) is 0 Å². The van der Waals surface area contributed by atoms with E-state index in [1.165, 1.54) is 11.3 Å². The Balaban J connectivity index is 1.81. The predicted octanol–water partition coefficient (Wildman–Crippen LogP) is 3.33. The van der Waals surface area contributed by atoms with Crippen molar-refractivity contribution in [3.8, 4) is 0 Å². The Kier molecular flexibility index (Phi) is 4.56. The van der Waals surface area contributed by atoms with Crippen molar-refractivity contribution < 1.29 is 4.79 Å². The molecule has 0 radical (unpaired) electrons. The number of allylic oxidation sites excluding steroid dienone is 2. The summed E-state index contributed by atoms with van der Waals surface area (Å²) in [5.74, 6) is 0.139. The van der Waals surface area contributed by atoms with Gasteiger partial charge in [-0.2, -0.15) is 0 Å². The molecule has 0 aliphatic carbocycles. The van der Waals surface area contributed by atoms with E-state index in [0.717, 1.165) is 25.9 Å². The Morgan fingerprint density at radius 2 is 2.06 bits per heavy atom. The number of hydrogen-bond donors (Lipinski definition) is 0. The zero-order valence-corrected chi connectivity index (χ0v) is 10.7. The molecule has 0 saturated carbocycles. The smallest absolute Gasteiger partial charge is 0.246 e. The SMILES string of the molecule is O=C(/C=C/C=C/c1cccs1)N1CCCCC1. The minimum absolute atomic E-state index is 0.139. The van der Waals surface area contributed by atoms with Crippen LogP contribution in [0.1, 0.15) is 24.1 Å². The highest BCUT2D eigenvalue weighted by molar-refractivity contribution is 7.10. The summed E-state index contributed by atoms with van der Waals surface area (Å²) in [7, 11) is 0. The zero-order chi connectivity index (χ0) is 11.9. The fourth-order valence-electron chi connectivity index (χ4n) is 1.89. The van der Waals surface area contributed by atoms with Crippen LogP contribution >= 0.6 is 11.3 Å². The Labute approximate surface area is 106 Å². The highest BCUT2D eigenvalue weighted by Gasteiger charge is 2.12. The van der Waals surface area contributed by atoms with E-state index < -0.39 is 0 Å². The molecule has 1 aliphatic rings. The third-order valence-corrected chi connectivity index (χ3v) is 3.66. The quantitative estimate of drug-likeness (QED) is 0.592. The summed E-state index contributed by atoms with van der Waals surface area (Å²) in [6.07, 6.45) is 11.0. The molecule has 0 bridgehead atoms. The lowest BCUT2D eigenvalue weighted by Crippen LogP contribution is -2.34. The van der Waals surface area contributed by atoms with Crippen LogP contribution in [-0.4, -0.2) is 23.9 Å². The van der Waals surface area contributed by atoms with Crippen LogP contribution in [0.2, 0.25) is 0 Å². The molecule has 2 heterocycles. The average molecular weight is 247 g/mol. The molecular formula is C14H17NOS. The predicted molar refractivity (Wildman–Crippen MR) is 72.9 cm³/mol. The summed E-state index contributed by atoms with van der Waals surface area (Å²) >= 11 is 1.69. The number of carbonyl (C=O) groups is 1. The molecule has 1 amide bonds. The molecule has 2 nitrogen and oxygen atoms in total. The number of rotatable bonds is 3. The topological polar surface area (TPSA) is 20.3 Å². The van der Waals surface area contributed by atoms with Gasteiger partial charge in [0.25, 0.3) is 0 Å². The maximum absolute atomic E-state index is 11.8. The summed E-state index contributed by atoms with van der Waals surface area (Å²) in [5, 5.41) is 2.04. The van der Waals surface area contributed by atoms with Crippen molar-refractivity contribution in [2.24, 2.45) is 0 Å². The number of piperidine rings is 1. The number of amides is 1. The largest absolute Gasteiger partial charge is 0.339 e. The molecule has 0 N–H and O–H groups in total. The third kappa shape index (κ3) is 3.86. The molecule has 1 aromatic rings. The van der Waals surface area contributed by atoms with Gasteiger partial charge in [-0.05, 0) is 36.8 Å². The Morgan fingerprint density at radius 1 is 1.24 bits per heavy atom. The summed E-state index contributed by atoms with van der Waals surface area (Å²) in [5.41, 5.74) is 0. The van der Waals surface area contributed by atoms with Crippen LogP contribution in [-0.2, 0) is 4.79 Å². The molecule has 1 fully saturated rings. The van der Waals surface area contributed by atoms with Gasteiger partial charge in [-0.1, -0.05) is 18.2 Å². The lowest BCUT2D eigenvalue weighted by atomic mass is 10.1. The van der Waals surface area contributed by atoms with Gasteiger partial charge in [0.05, 0.1) is 0 Å². The van der Waals surface area contributed by atoms with E-state index >= 15 is 0 Å². The van der Waals surface area contributed by atoms with Crippen LogP contribution in [0.15, 0.2) is 35.7 Å². The first-order valence-corrected chi connectivity index (χ1v) is 6.91. The Hall–Kier alpha value is -1.35. The second kappa shape index (κ2) is 6.40. The van der Waals surface area contributed by atoms with Crippen molar-refractivity contribution in [2.75, 3.05) is 13.1 Å². The first-order chi connectivity index (χ1) is 8.36. The van der Waals surface area contributed by atoms with Crippen LogP contribution in [0, 0.1) is 0 Å². The normalized spacial score (nSPS) is 17.1. The van der Waals surface area contributed by atoms with E-state index in [2.05, 4.69) is 6.07 Å². The summed E-state index contributed by atoms with van der Waals surface area (Å²) in [4.78, 5) is 14.9. The third-order valence-electron chi connectivity index (χ3n) is 2.82. The molecule has 0 spiro atoms. The van der Waals surface area contributed by atoms with Crippen molar-refractivity contribution in [1.29, 1.82) is 0 Å². The molecular weight excluding hydrogens is 230 g/mol. The van der Waals surface area contributed by atoms with Gasteiger partial charge in [-0.15, -0.1) is 11.3 Å². The first kappa shape index (κ1) is 12.1. The standard InChI is InChI=1S/C14H17NOS/c16-14(15-10-4-1-5-11-15)9-3-2-7-13-8-6-12-17-13/h2-3,6-9,12H,1,4-5,10-11H2/b7-2+,9-3+. The highest BCUT2D eigenvalue weighted by Crippen LogP contribution is 2.11. The molecule has 0 unspecified atom stereocenters. The maximum atomic E-state index is 11.8. The van der Waals surface area contributed by atoms with Crippen LogP contribution < -0.4 is 0 Å². The van der Waals surface area contributed by atoms with Gasteiger partial charge >= 0.3 is 0 Å². The van der Waals surface area contributed by atoms with Gasteiger partial charge < -0.3 is 4.90 Å². The molecule has 0 atom stereocenters. The Bertz CT molecular complexity index is 400. The summed E-state index contributed by atoms with van der Waals surface area (Å²) in [6.45, 7) is 1.83. The van der Waals surface area contributed by atoms with Gasteiger partial charge in [-0.3, -0.25) is 4.79 Å². The van der Waals surface area contributed by atoms with Crippen molar-refractivity contribution in [3.63, 3.8) is 0 Å². The number of nitrogens with zero attached hydrogens (tertiary/aromatic N) is 1. The van der Waals surface area contributed by atoms with Crippen molar-refractivity contribution >= 4 is 23.3 Å². The Morgan fingerprint density at radius 3 is 2.76 bits per heavy atom. The van der Waals surface area contributed by atoms with Crippen LogP contribution in [0.25, 0.3) is 6.08 Å². The monoisotopic (exact) mass is 247 g/mol. The van der Waals surface area contributed by atoms with Crippen LogP contribution in [0.3, 0.4) is 0 Å². The molecule has 1 aromatic heterocycles. The summed E-state index contributed by atoms with van der Waals surface area (Å²) < 4.78 is 0. The second-order valence-electron chi connectivity index (χ2n) is 4.12. The second-order valence-corrected chi connectivity index (χ2v) is 5.10. The van der Waals surface area contributed by atoms with E-state index in [1.54, 1.807) is 17.4 Å². The molecule has 0 aromatic carbocycles. The lowest BCUT2D eigenvalue weighted by molar-refractivity contribution is -0.126. The van der Waals surface area contributed by atoms with Gasteiger partial charge in [0, 0.05) is 24.0 Å². The van der Waals surface area contributed by atoms with Gasteiger partial charge in [0.15, 0.2) is 0 Å². The summed E-state index contributed by atoms with van der Waals surface area (Å²) in [6, 6.07) is 4.08. The average Bonchev–Trinajstić information content (AvgIpc) is 2.88. The van der Waals surface area contributed by atoms with E-state index in [4.69, 9.17) is 0 Å². The van der Waals surface area contributed by atoms with E-state index in [1.807, 2.05) is 34.6 Å². The number of hydrogen-bond acceptors (Lipinski definition) is 2. The molecule has 90 valence electrons. The highest BCUT2D eigenvalue weighted by atomic mass is 32.1. The van der Waals surface area contributed by atoms with Crippen molar-refractivity contribution in [3.05, 3.63) is 40.6 Å². The van der Waals surface area contributed by atoms with Crippen LogP contribution in [0.4, 0.5) is 0 Å². The minimum Gasteiger partial charge on any atom is -0.339 e. The molecule has 17 heavy (non-hydrogen) atoms. The molecule has 1 saturated heterocycles. The number of likely N-dealkylation sites (tertiary alicyclic amines) is 1. The van der Waals surface area contributed by atoms with Gasteiger partial charge in [-0.25, -0.2) is 0 Å². The first-order valence-electron chi connectivity index (χ1n) is 6.03. The van der Waals surface area contributed by atoms with E-state index in [-0.39, 0.29) is 5.91 Å². The van der Waals surface area contributed by atoms with E-state index in [0.29, 0.717) is 0 Å². The lowest BCUT2D eigenvalue weighted by Gasteiger charge is -2.25. The molecule has 2 rings (SSSR count). The number of thiophene rings is 1. The fraction of sp³-hybridized carbons (Fsp3) is 0.357. The van der Waals surface area contributed by atoms with Crippen molar-refractivity contribution in [2.45, 2.75) is 19.3 Å².